The van der Waals surface area contributed by atoms with E-state index >= 15 is 0 Å². The highest BCUT2D eigenvalue weighted by Gasteiger charge is 2.26. The molecule has 0 radical (unpaired) electrons. The molecule has 2 N–H and O–H groups in total. The summed E-state index contributed by atoms with van der Waals surface area (Å²) in [4.78, 5) is 0. The first-order valence-corrected chi connectivity index (χ1v) is 5.51. The molecule has 0 amide bonds. The molecule has 1 atom stereocenters. The van der Waals surface area contributed by atoms with E-state index in [1.54, 1.807) is 0 Å². The van der Waals surface area contributed by atoms with Crippen LogP contribution in [-0.4, -0.2) is 18.6 Å². The molecule has 0 saturated carbocycles. The molecule has 0 spiro atoms. The summed E-state index contributed by atoms with van der Waals surface area (Å²) in [5.74, 6) is 0. The first-order chi connectivity index (χ1) is 7.26. The third-order valence-corrected chi connectivity index (χ3v) is 2.57. The van der Waals surface area contributed by atoms with Gasteiger partial charge in [-0.25, -0.2) is 0 Å². The summed E-state index contributed by atoms with van der Waals surface area (Å²) in [5, 5.41) is 15.5. The second-order valence-corrected chi connectivity index (χ2v) is 3.75. The van der Waals surface area contributed by atoms with E-state index in [1.807, 2.05) is 0 Å². The minimum Gasteiger partial charge on any atom is -0.386 e. The molecule has 15 heavy (non-hydrogen) atoms. The van der Waals surface area contributed by atoms with Crippen molar-refractivity contribution in [3.05, 3.63) is 23.9 Å². The van der Waals surface area contributed by atoms with Crippen LogP contribution in [0, 0.1) is 11.3 Å². The minimum absolute atomic E-state index is 0.150. The van der Waals surface area contributed by atoms with Gasteiger partial charge in [0.15, 0.2) is 0 Å². The summed E-state index contributed by atoms with van der Waals surface area (Å²) in [7, 11) is 0. The number of rotatable bonds is 5. The Kier molecular flexibility index (Phi) is 4.38. The Bertz CT molecular complexity index is 298. The van der Waals surface area contributed by atoms with E-state index in [9.17, 15) is 0 Å². The second kappa shape index (κ2) is 5.57. The maximum absolute atomic E-state index is 8.82. The van der Waals surface area contributed by atoms with Gasteiger partial charge >= 0.3 is 0 Å². The quantitative estimate of drug-likeness (QED) is 0.718. The molecule has 1 aliphatic carbocycles. The van der Waals surface area contributed by atoms with E-state index in [1.165, 1.54) is 0 Å². The van der Waals surface area contributed by atoms with Crippen LogP contribution in [0.5, 0.6) is 0 Å². The summed E-state index contributed by atoms with van der Waals surface area (Å²) in [5.41, 5.74) is 1.01. The molecule has 1 aliphatic rings. The van der Waals surface area contributed by atoms with Crippen molar-refractivity contribution in [2.45, 2.75) is 32.2 Å². The van der Waals surface area contributed by atoms with Crippen LogP contribution < -0.4 is 10.6 Å². The van der Waals surface area contributed by atoms with Gasteiger partial charge in [0, 0.05) is 12.2 Å². The number of allylic oxidation sites excluding steroid dienone is 1. The Morgan fingerprint density at radius 3 is 2.73 bits per heavy atom. The maximum Gasteiger partial charge on any atom is 0.0644 e. The predicted octanol–water partition coefficient (Wildman–Crippen LogP) is 1.70. The summed E-state index contributed by atoms with van der Waals surface area (Å²) in [6, 6.07) is 2.25. The molecule has 3 nitrogen and oxygen atoms in total. The van der Waals surface area contributed by atoms with Gasteiger partial charge in [0.25, 0.3) is 0 Å². The van der Waals surface area contributed by atoms with Crippen molar-refractivity contribution in [2.75, 3.05) is 13.1 Å². The Balaban J connectivity index is 2.66. The van der Waals surface area contributed by atoms with Gasteiger partial charge in [0.05, 0.1) is 18.0 Å². The van der Waals surface area contributed by atoms with Gasteiger partial charge in [0.2, 0.25) is 0 Å². The third kappa shape index (κ3) is 3.10. The lowest BCUT2D eigenvalue weighted by Gasteiger charge is -2.31. The van der Waals surface area contributed by atoms with Crippen LogP contribution in [0.4, 0.5) is 0 Å². The molecular formula is C12H19N3. The average molecular weight is 205 g/mol. The van der Waals surface area contributed by atoms with Crippen molar-refractivity contribution in [1.82, 2.24) is 10.6 Å². The van der Waals surface area contributed by atoms with Crippen molar-refractivity contribution in [2.24, 2.45) is 0 Å². The van der Waals surface area contributed by atoms with Crippen LogP contribution in [0.15, 0.2) is 23.9 Å². The minimum atomic E-state index is -0.150. The average Bonchev–Trinajstić information content (AvgIpc) is 2.23. The number of likely N-dealkylation sites (N-methyl/N-ethyl adjacent to an activating group) is 2. The highest BCUT2D eigenvalue weighted by atomic mass is 15.0. The van der Waals surface area contributed by atoms with Crippen LogP contribution in [0.3, 0.4) is 0 Å². The number of hydrogen-bond acceptors (Lipinski definition) is 3. The summed E-state index contributed by atoms with van der Waals surface area (Å²) in [6.07, 6.45) is 7.73. The molecule has 82 valence electrons. The van der Waals surface area contributed by atoms with Gasteiger partial charge in [0.1, 0.15) is 0 Å². The molecule has 0 aliphatic heterocycles. The lowest BCUT2D eigenvalue weighted by Crippen LogP contribution is -2.44. The van der Waals surface area contributed by atoms with Crippen LogP contribution in [0.2, 0.25) is 0 Å². The summed E-state index contributed by atoms with van der Waals surface area (Å²) in [6.45, 7) is 5.96. The fraction of sp³-hybridized carbons (Fsp3) is 0.583. The lowest BCUT2D eigenvalue weighted by molar-refractivity contribution is 0.417. The molecule has 0 heterocycles. The number of nitriles is 1. The number of nitrogens with one attached hydrogen (secondary N) is 2. The Hall–Kier alpha value is -1.27. The third-order valence-electron chi connectivity index (χ3n) is 2.57. The maximum atomic E-state index is 8.82. The van der Waals surface area contributed by atoms with Crippen LogP contribution in [-0.2, 0) is 0 Å². The SMILES string of the molecule is CCNC1=CCC(CC#N)(NCC)C=C1. The van der Waals surface area contributed by atoms with Crippen molar-refractivity contribution in [1.29, 1.82) is 5.26 Å². The van der Waals surface area contributed by atoms with Crippen molar-refractivity contribution >= 4 is 0 Å². The lowest BCUT2D eigenvalue weighted by atomic mass is 9.87. The molecule has 1 unspecified atom stereocenters. The van der Waals surface area contributed by atoms with E-state index < -0.39 is 0 Å². The Labute approximate surface area is 91.9 Å². The van der Waals surface area contributed by atoms with Gasteiger partial charge in [-0.2, -0.15) is 5.26 Å². The zero-order chi connectivity index (χ0) is 11.1. The molecule has 0 aromatic rings. The zero-order valence-electron chi connectivity index (χ0n) is 9.51. The first kappa shape index (κ1) is 11.8. The van der Waals surface area contributed by atoms with Crippen LogP contribution in [0.1, 0.15) is 26.7 Å². The summed E-state index contributed by atoms with van der Waals surface area (Å²) >= 11 is 0. The number of nitrogens with zero attached hydrogens (tertiary/aromatic N) is 1. The van der Waals surface area contributed by atoms with Crippen molar-refractivity contribution in [3.63, 3.8) is 0 Å². The molecule has 0 saturated heterocycles. The molecule has 0 aromatic heterocycles. The number of hydrogen-bond donors (Lipinski definition) is 2. The predicted molar refractivity (Wildman–Crippen MR) is 62.2 cm³/mol. The summed E-state index contributed by atoms with van der Waals surface area (Å²) < 4.78 is 0. The highest BCUT2D eigenvalue weighted by molar-refractivity contribution is 5.29. The molecule has 0 aromatic carbocycles. The van der Waals surface area contributed by atoms with E-state index in [-0.39, 0.29) is 5.54 Å². The second-order valence-electron chi connectivity index (χ2n) is 3.75. The van der Waals surface area contributed by atoms with Crippen molar-refractivity contribution < 1.29 is 0 Å². The Morgan fingerprint density at radius 2 is 2.27 bits per heavy atom. The van der Waals surface area contributed by atoms with Gasteiger partial charge in [-0.15, -0.1) is 0 Å². The normalized spacial score (nSPS) is 24.5. The van der Waals surface area contributed by atoms with E-state index in [2.05, 4.69) is 48.8 Å². The van der Waals surface area contributed by atoms with E-state index in [4.69, 9.17) is 5.26 Å². The molecule has 3 heteroatoms. The molecule has 0 bridgehead atoms. The monoisotopic (exact) mass is 205 g/mol. The zero-order valence-corrected chi connectivity index (χ0v) is 9.51. The van der Waals surface area contributed by atoms with E-state index in [0.29, 0.717) is 6.42 Å². The molecule has 0 fully saturated rings. The van der Waals surface area contributed by atoms with Gasteiger partial charge in [-0.05, 0) is 26.0 Å². The van der Waals surface area contributed by atoms with Gasteiger partial charge < -0.3 is 10.6 Å². The van der Waals surface area contributed by atoms with Gasteiger partial charge in [-0.3, -0.25) is 0 Å². The molecular weight excluding hydrogens is 186 g/mol. The fourth-order valence-electron chi connectivity index (χ4n) is 1.83. The molecule has 1 rings (SSSR count). The largest absolute Gasteiger partial charge is 0.386 e. The van der Waals surface area contributed by atoms with E-state index in [0.717, 1.165) is 25.2 Å². The van der Waals surface area contributed by atoms with Crippen LogP contribution in [0.25, 0.3) is 0 Å². The highest BCUT2D eigenvalue weighted by Crippen LogP contribution is 2.23. The standard InChI is InChI=1S/C12H19N3/c1-3-14-11-5-7-12(8-6-11,9-10-13)15-4-2/h5-7,14-15H,3-4,8-9H2,1-2H3. The van der Waals surface area contributed by atoms with Gasteiger partial charge in [-0.1, -0.05) is 19.1 Å². The topological polar surface area (TPSA) is 47.9 Å². The van der Waals surface area contributed by atoms with Crippen molar-refractivity contribution in [3.8, 4) is 6.07 Å². The van der Waals surface area contributed by atoms with Crippen LogP contribution >= 0.6 is 0 Å². The first-order valence-electron chi connectivity index (χ1n) is 5.51. The smallest absolute Gasteiger partial charge is 0.0644 e. The fourth-order valence-corrected chi connectivity index (χ4v) is 1.83. The Morgan fingerprint density at radius 1 is 1.47 bits per heavy atom.